The topological polar surface area (TPSA) is 41.4 Å². The van der Waals surface area contributed by atoms with Gasteiger partial charge in [0.15, 0.2) is 0 Å². The summed E-state index contributed by atoms with van der Waals surface area (Å²) in [5, 5.41) is 0. The zero-order valence-corrected chi connectivity index (χ0v) is 13.2. The molecule has 1 aromatic rings. The number of imidazole rings is 1. The van der Waals surface area contributed by atoms with Crippen LogP contribution in [0.3, 0.4) is 0 Å². The van der Waals surface area contributed by atoms with E-state index in [-0.39, 0.29) is 5.91 Å². The van der Waals surface area contributed by atoms with E-state index in [1.807, 2.05) is 4.90 Å². The summed E-state index contributed by atoms with van der Waals surface area (Å²) in [5.41, 5.74) is 0.787. The summed E-state index contributed by atoms with van der Waals surface area (Å²) in [4.78, 5) is 21.4. The van der Waals surface area contributed by atoms with Gasteiger partial charge in [-0.05, 0) is 31.7 Å². The second kappa shape index (κ2) is 6.18. The van der Waals surface area contributed by atoms with E-state index in [0.717, 1.165) is 69.5 Å². The maximum absolute atomic E-state index is 12.5. The Labute approximate surface area is 126 Å². The average molecular weight is 290 g/mol. The highest BCUT2D eigenvalue weighted by Gasteiger charge is 2.26. The zero-order chi connectivity index (χ0) is 14.8. The number of hydrogen-bond donors (Lipinski definition) is 0. The minimum absolute atomic E-state index is 0.168. The lowest BCUT2D eigenvalue weighted by Gasteiger charge is -2.29. The number of rotatable bonds is 4. The van der Waals surface area contributed by atoms with Gasteiger partial charge in [-0.3, -0.25) is 9.69 Å². The lowest BCUT2D eigenvalue weighted by Crippen LogP contribution is -2.37. The predicted octanol–water partition coefficient (Wildman–Crippen LogP) is 1.98. The van der Waals surface area contributed by atoms with Crippen molar-refractivity contribution >= 4 is 5.91 Å². The van der Waals surface area contributed by atoms with Crippen LogP contribution in [0, 0.1) is 5.92 Å². The first-order chi connectivity index (χ1) is 10.1. The normalized spacial score (nSPS) is 19.3. The first-order valence-corrected chi connectivity index (χ1v) is 8.21. The van der Waals surface area contributed by atoms with Gasteiger partial charge in [-0.2, -0.15) is 0 Å². The molecule has 0 spiro atoms. The van der Waals surface area contributed by atoms with Crippen molar-refractivity contribution in [3.05, 3.63) is 17.7 Å². The number of likely N-dealkylation sites (tertiary alicyclic amines) is 1. The van der Waals surface area contributed by atoms with E-state index in [9.17, 15) is 4.79 Å². The lowest BCUT2D eigenvalue weighted by molar-refractivity contribution is 0.0777. The molecule has 0 radical (unpaired) electrons. The fraction of sp³-hybridized carbons (Fsp3) is 0.750. The highest BCUT2D eigenvalue weighted by Crippen LogP contribution is 2.18. The van der Waals surface area contributed by atoms with E-state index in [0.29, 0.717) is 0 Å². The van der Waals surface area contributed by atoms with Crippen LogP contribution in [0.15, 0.2) is 6.20 Å². The number of hydrogen-bond acceptors (Lipinski definition) is 3. The van der Waals surface area contributed by atoms with Crippen LogP contribution >= 0.6 is 0 Å². The SMILES string of the molecule is CC(C)CCN1CCn2c(C(=O)N3CCCC3)cnc2C1. The number of fused-ring (bicyclic) bond motifs is 1. The Bertz CT molecular complexity index is 502. The summed E-state index contributed by atoms with van der Waals surface area (Å²) in [6.45, 7) is 10.2. The molecule has 2 aliphatic rings. The number of nitrogens with zero attached hydrogens (tertiary/aromatic N) is 4. The Balaban J connectivity index is 1.67. The van der Waals surface area contributed by atoms with Gasteiger partial charge >= 0.3 is 0 Å². The molecule has 1 amide bonds. The summed E-state index contributed by atoms with van der Waals surface area (Å²) in [7, 11) is 0. The van der Waals surface area contributed by atoms with Crippen molar-refractivity contribution in [2.24, 2.45) is 5.92 Å². The van der Waals surface area contributed by atoms with Crippen LogP contribution < -0.4 is 0 Å². The van der Waals surface area contributed by atoms with Gasteiger partial charge in [-0.15, -0.1) is 0 Å². The van der Waals surface area contributed by atoms with Crippen LogP contribution in [-0.4, -0.2) is 51.4 Å². The Morgan fingerprint density at radius 2 is 2.00 bits per heavy atom. The van der Waals surface area contributed by atoms with Crippen LogP contribution in [0.1, 0.15) is 49.4 Å². The van der Waals surface area contributed by atoms with Crippen molar-refractivity contribution in [1.29, 1.82) is 0 Å². The third-order valence-electron chi connectivity index (χ3n) is 4.58. The number of carbonyl (C=O) groups excluding carboxylic acids is 1. The van der Waals surface area contributed by atoms with E-state index in [4.69, 9.17) is 0 Å². The minimum Gasteiger partial charge on any atom is -0.337 e. The highest BCUT2D eigenvalue weighted by molar-refractivity contribution is 5.92. The quantitative estimate of drug-likeness (QED) is 0.851. The standard InChI is InChI=1S/C16H26N4O/c1-13(2)5-8-18-9-10-20-14(11-17-15(20)12-18)16(21)19-6-3-4-7-19/h11,13H,3-10,12H2,1-2H3. The molecule has 0 aromatic carbocycles. The third kappa shape index (κ3) is 3.12. The molecule has 0 atom stereocenters. The largest absolute Gasteiger partial charge is 0.337 e. The molecule has 0 bridgehead atoms. The number of aromatic nitrogens is 2. The van der Waals surface area contributed by atoms with Crippen molar-refractivity contribution in [2.75, 3.05) is 26.2 Å². The molecule has 2 aliphatic heterocycles. The Morgan fingerprint density at radius 3 is 2.71 bits per heavy atom. The molecule has 0 saturated carbocycles. The molecule has 3 rings (SSSR count). The minimum atomic E-state index is 0.168. The fourth-order valence-corrected chi connectivity index (χ4v) is 3.19. The van der Waals surface area contributed by atoms with E-state index in [2.05, 4.69) is 28.3 Å². The van der Waals surface area contributed by atoms with Gasteiger partial charge in [-0.25, -0.2) is 4.98 Å². The van der Waals surface area contributed by atoms with Crippen LogP contribution in [0.25, 0.3) is 0 Å². The molecule has 0 aliphatic carbocycles. The van der Waals surface area contributed by atoms with E-state index in [1.54, 1.807) is 6.20 Å². The smallest absolute Gasteiger partial charge is 0.272 e. The Morgan fingerprint density at radius 1 is 1.24 bits per heavy atom. The van der Waals surface area contributed by atoms with Crippen LogP contribution in [-0.2, 0) is 13.1 Å². The maximum Gasteiger partial charge on any atom is 0.272 e. The second-order valence-corrected chi connectivity index (χ2v) is 6.67. The first kappa shape index (κ1) is 14.6. The number of carbonyl (C=O) groups is 1. The molecule has 0 N–H and O–H groups in total. The molecule has 5 nitrogen and oxygen atoms in total. The van der Waals surface area contributed by atoms with E-state index in [1.165, 1.54) is 6.42 Å². The third-order valence-corrected chi connectivity index (χ3v) is 4.58. The Hall–Kier alpha value is -1.36. The second-order valence-electron chi connectivity index (χ2n) is 6.67. The lowest BCUT2D eigenvalue weighted by atomic mass is 10.1. The fourth-order valence-electron chi connectivity index (χ4n) is 3.19. The van der Waals surface area contributed by atoms with Crippen molar-refractivity contribution in [3.8, 4) is 0 Å². The van der Waals surface area contributed by atoms with Gasteiger partial charge < -0.3 is 9.47 Å². The molecule has 21 heavy (non-hydrogen) atoms. The molecule has 1 fully saturated rings. The number of amides is 1. The Kier molecular flexibility index (Phi) is 4.29. The van der Waals surface area contributed by atoms with Gasteiger partial charge in [0.2, 0.25) is 0 Å². The monoisotopic (exact) mass is 290 g/mol. The van der Waals surface area contributed by atoms with Gasteiger partial charge in [0, 0.05) is 26.2 Å². The van der Waals surface area contributed by atoms with Crippen LogP contribution in [0.5, 0.6) is 0 Å². The van der Waals surface area contributed by atoms with E-state index < -0.39 is 0 Å². The van der Waals surface area contributed by atoms with Crippen molar-refractivity contribution in [3.63, 3.8) is 0 Å². The van der Waals surface area contributed by atoms with Crippen molar-refractivity contribution < 1.29 is 4.79 Å². The van der Waals surface area contributed by atoms with Crippen LogP contribution in [0.4, 0.5) is 0 Å². The summed E-state index contributed by atoms with van der Waals surface area (Å²) >= 11 is 0. The molecule has 3 heterocycles. The average Bonchev–Trinajstić information content (AvgIpc) is 3.13. The summed E-state index contributed by atoms with van der Waals surface area (Å²) in [6.07, 6.45) is 5.27. The van der Waals surface area contributed by atoms with Crippen molar-refractivity contribution in [2.45, 2.75) is 46.2 Å². The molecule has 1 aromatic heterocycles. The molecule has 116 valence electrons. The molecule has 5 heteroatoms. The maximum atomic E-state index is 12.5. The summed E-state index contributed by atoms with van der Waals surface area (Å²) < 4.78 is 2.13. The predicted molar refractivity (Wildman–Crippen MR) is 82.1 cm³/mol. The zero-order valence-electron chi connectivity index (χ0n) is 13.2. The van der Waals surface area contributed by atoms with Crippen molar-refractivity contribution in [1.82, 2.24) is 19.4 Å². The van der Waals surface area contributed by atoms with Gasteiger partial charge in [-0.1, -0.05) is 13.8 Å². The summed E-state index contributed by atoms with van der Waals surface area (Å²) in [5.74, 6) is 1.95. The molecule has 0 unspecified atom stereocenters. The summed E-state index contributed by atoms with van der Waals surface area (Å²) in [6, 6.07) is 0. The van der Waals surface area contributed by atoms with E-state index >= 15 is 0 Å². The van der Waals surface area contributed by atoms with Gasteiger partial charge in [0.25, 0.3) is 5.91 Å². The molecular weight excluding hydrogens is 264 g/mol. The van der Waals surface area contributed by atoms with Gasteiger partial charge in [0.05, 0.1) is 12.7 Å². The highest BCUT2D eigenvalue weighted by atomic mass is 16.2. The van der Waals surface area contributed by atoms with Gasteiger partial charge in [0.1, 0.15) is 11.5 Å². The molecular formula is C16H26N4O. The van der Waals surface area contributed by atoms with Crippen LogP contribution in [0.2, 0.25) is 0 Å². The molecule has 1 saturated heterocycles. The first-order valence-electron chi connectivity index (χ1n) is 8.21.